The van der Waals surface area contributed by atoms with E-state index in [1.165, 1.54) is 16.8 Å². The van der Waals surface area contributed by atoms with Gasteiger partial charge in [0.05, 0.1) is 11.3 Å². The predicted octanol–water partition coefficient (Wildman–Crippen LogP) is 3.91. The molecular formula is C21H19N3. The zero-order valence-corrected chi connectivity index (χ0v) is 13.5. The summed E-state index contributed by atoms with van der Waals surface area (Å²) in [5, 5.41) is 9.37. The minimum atomic E-state index is 0.707. The average Bonchev–Trinajstić information content (AvgIpc) is 3.09. The second kappa shape index (κ2) is 6.35. The molecule has 0 unspecified atom stereocenters. The van der Waals surface area contributed by atoms with E-state index in [9.17, 15) is 5.26 Å². The molecule has 0 spiro atoms. The van der Waals surface area contributed by atoms with E-state index in [4.69, 9.17) is 0 Å². The molecule has 0 aliphatic carbocycles. The Hall–Kier alpha value is -2.83. The summed E-state index contributed by atoms with van der Waals surface area (Å²) in [6.45, 7) is 2.95. The highest BCUT2D eigenvalue weighted by atomic mass is 15.1. The van der Waals surface area contributed by atoms with Gasteiger partial charge in [-0.3, -0.25) is 4.90 Å². The van der Waals surface area contributed by atoms with Crippen LogP contribution in [0.2, 0.25) is 0 Å². The molecule has 0 saturated heterocycles. The van der Waals surface area contributed by atoms with Crippen molar-refractivity contribution in [2.24, 2.45) is 0 Å². The molecule has 0 radical (unpaired) electrons. The molecule has 3 heteroatoms. The molecule has 1 aliphatic rings. The Morgan fingerprint density at radius 2 is 1.71 bits per heavy atom. The van der Waals surface area contributed by atoms with Crippen LogP contribution in [0.15, 0.2) is 66.9 Å². The lowest BCUT2D eigenvalue weighted by atomic mass is 10.00. The van der Waals surface area contributed by atoms with Gasteiger partial charge in [0.1, 0.15) is 6.07 Å². The fourth-order valence-corrected chi connectivity index (χ4v) is 3.48. The molecule has 0 atom stereocenters. The van der Waals surface area contributed by atoms with Crippen molar-refractivity contribution in [3.05, 3.63) is 89.2 Å². The summed E-state index contributed by atoms with van der Waals surface area (Å²) >= 11 is 0. The lowest BCUT2D eigenvalue weighted by molar-refractivity contribution is 0.241. The van der Waals surface area contributed by atoms with Crippen LogP contribution in [-0.2, 0) is 19.5 Å². The second-order valence-electron chi connectivity index (χ2n) is 6.23. The Morgan fingerprint density at radius 1 is 0.917 bits per heavy atom. The molecule has 3 aromatic rings. The number of aromatic nitrogens is 1. The van der Waals surface area contributed by atoms with Gasteiger partial charge < -0.3 is 4.57 Å². The molecule has 0 amide bonds. The zero-order valence-electron chi connectivity index (χ0n) is 13.5. The molecule has 0 fully saturated rings. The van der Waals surface area contributed by atoms with Gasteiger partial charge in [0, 0.05) is 31.5 Å². The number of nitrogens with zero attached hydrogens (tertiary/aromatic N) is 3. The number of hydrogen-bond donors (Lipinski definition) is 0. The number of fused-ring (bicyclic) bond motifs is 1. The number of benzene rings is 2. The van der Waals surface area contributed by atoms with Crippen molar-refractivity contribution in [2.45, 2.75) is 19.5 Å². The third-order valence-electron chi connectivity index (χ3n) is 4.71. The zero-order chi connectivity index (χ0) is 16.4. The number of nitriles is 1. The summed E-state index contributed by atoms with van der Waals surface area (Å²) in [4.78, 5) is 2.48. The van der Waals surface area contributed by atoms with Gasteiger partial charge >= 0.3 is 0 Å². The van der Waals surface area contributed by atoms with Crippen LogP contribution >= 0.6 is 0 Å². The Bertz CT molecular complexity index is 901. The first-order chi connectivity index (χ1) is 11.8. The number of para-hydroxylation sites is 1. The van der Waals surface area contributed by atoms with Crippen LogP contribution in [0.3, 0.4) is 0 Å². The van der Waals surface area contributed by atoms with Crippen molar-refractivity contribution in [1.82, 2.24) is 9.47 Å². The summed E-state index contributed by atoms with van der Waals surface area (Å²) in [5.74, 6) is 0. The highest BCUT2D eigenvalue weighted by Gasteiger charge is 2.17. The van der Waals surface area contributed by atoms with E-state index >= 15 is 0 Å². The van der Waals surface area contributed by atoms with Gasteiger partial charge in [-0.2, -0.15) is 5.26 Å². The summed E-state index contributed by atoms with van der Waals surface area (Å²) in [7, 11) is 0. The van der Waals surface area contributed by atoms with Gasteiger partial charge in [0.15, 0.2) is 0 Å². The molecule has 1 aliphatic heterocycles. The van der Waals surface area contributed by atoms with Crippen LogP contribution in [0.4, 0.5) is 0 Å². The third-order valence-corrected chi connectivity index (χ3v) is 4.71. The van der Waals surface area contributed by atoms with Crippen LogP contribution < -0.4 is 0 Å². The quantitative estimate of drug-likeness (QED) is 0.734. The fraction of sp³-hybridized carbons (Fsp3) is 0.190. The lowest BCUT2D eigenvalue weighted by Gasteiger charge is -2.29. The van der Waals surface area contributed by atoms with Gasteiger partial charge in [-0.1, -0.05) is 36.4 Å². The van der Waals surface area contributed by atoms with Gasteiger partial charge in [0.2, 0.25) is 0 Å². The van der Waals surface area contributed by atoms with E-state index in [1.807, 2.05) is 30.5 Å². The van der Waals surface area contributed by atoms with E-state index in [2.05, 4.69) is 51.9 Å². The monoisotopic (exact) mass is 313 g/mol. The second-order valence-corrected chi connectivity index (χ2v) is 6.23. The molecule has 24 heavy (non-hydrogen) atoms. The van der Waals surface area contributed by atoms with Crippen molar-refractivity contribution < 1.29 is 0 Å². The fourth-order valence-electron chi connectivity index (χ4n) is 3.48. The van der Waals surface area contributed by atoms with Crippen LogP contribution in [0.5, 0.6) is 0 Å². The lowest BCUT2D eigenvalue weighted by Crippen LogP contribution is -2.30. The molecule has 2 heterocycles. The van der Waals surface area contributed by atoms with E-state index < -0.39 is 0 Å². The Labute approximate surface area is 142 Å². The normalized spacial score (nSPS) is 14.1. The molecule has 2 aromatic carbocycles. The molecular weight excluding hydrogens is 294 g/mol. The average molecular weight is 313 g/mol. The van der Waals surface area contributed by atoms with Crippen molar-refractivity contribution in [2.75, 3.05) is 6.54 Å². The van der Waals surface area contributed by atoms with Crippen LogP contribution in [0.25, 0.3) is 5.69 Å². The standard InChI is InChI=1S/C21H19N3/c22-14-18-7-3-4-10-21(18)24-12-5-9-20(24)16-23-13-11-17-6-1-2-8-19(17)15-23/h1-10,12H,11,13,15-16H2. The molecule has 1 aromatic heterocycles. The van der Waals surface area contributed by atoms with E-state index in [-0.39, 0.29) is 0 Å². The maximum Gasteiger partial charge on any atom is 0.101 e. The summed E-state index contributed by atoms with van der Waals surface area (Å²) in [6.07, 6.45) is 3.15. The predicted molar refractivity (Wildman–Crippen MR) is 94.7 cm³/mol. The highest BCUT2D eigenvalue weighted by Crippen LogP contribution is 2.22. The molecule has 0 bridgehead atoms. The first kappa shape index (κ1) is 14.7. The van der Waals surface area contributed by atoms with E-state index in [0.29, 0.717) is 5.56 Å². The molecule has 0 saturated carbocycles. The topological polar surface area (TPSA) is 32.0 Å². The summed E-state index contributed by atoms with van der Waals surface area (Å²) in [6, 6.07) is 23.0. The summed E-state index contributed by atoms with van der Waals surface area (Å²) < 4.78 is 2.14. The van der Waals surface area contributed by atoms with Crippen LogP contribution in [0, 0.1) is 11.3 Å². The molecule has 3 nitrogen and oxygen atoms in total. The van der Waals surface area contributed by atoms with E-state index in [0.717, 1.165) is 31.7 Å². The van der Waals surface area contributed by atoms with Crippen LogP contribution in [-0.4, -0.2) is 16.0 Å². The Balaban J connectivity index is 1.60. The van der Waals surface area contributed by atoms with Crippen molar-refractivity contribution in [3.8, 4) is 11.8 Å². The summed E-state index contributed by atoms with van der Waals surface area (Å²) in [5.41, 5.74) is 5.78. The van der Waals surface area contributed by atoms with E-state index in [1.54, 1.807) is 0 Å². The maximum atomic E-state index is 9.37. The SMILES string of the molecule is N#Cc1ccccc1-n1cccc1CN1CCc2ccccc2C1. The Morgan fingerprint density at radius 3 is 2.58 bits per heavy atom. The van der Waals surface area contributed by atoms with Gasteiger partial charge in [-0.05, 0) is 41.8 Å². The number of rotatable bonds is 3. The van der Waals surface area contributed by atoms with Gasteiger partial charge in [-0.25, -0.2) is 0 Å². The minimum Gasteiger partial charge on any atom is -0.318 e. The molecule has 4 rings (SSSR count). The van der Waals surface area contributed by atoms with Crippen LogP contribution in [0.1, 0.15) is 22.4 Å². The van der Waals surface area contributed by atoms with Crippen molar-refractivity contribution >= 4 is 0 Å². The van der Waals surface area contributed by atoms with Crippen molar-refractivity contribution in [3.63, 3.8) is 0 Å². The smallest absolute Gasteiger partial charge is 0.101 e. The first-order valence-electron chi connectivity index (χ1n) is 8.30. The molecule has 118 valence electrons. The van der Waals surface area contributed by atoms with Crippen molar-refractivity contribution in [1.29, 1.82) is 5.26 Å². The van der Waals surface area contributed by atoms with Gasteiger partial charge in [0.25, 0.3) is 0 Å². The van der Waals surface area contributed by atoms with Gasteiger partial charge in [-0.15, -0.1) is 0 Å². The molecule has 0 N–H and O–H groups in total. The highest BCUT2D eigenvalue weighted by molar-refractivity contribution is 5.49. The largest absolute Gasteiger partial charge is 0.318 e. The first-order valence-corrected chi connectivity index (χ1v) is 8.30. The number of hydrogen-bond acceptors (Lipinski definition) is 2. The minimum absolute atomic E-state index is 0.707. The maximum absolute atomic E-state index is 9.37. The third kappa shape index (κ3) is 2.73. The Kier molecular flexibility index (Phi) is 3.90.